The minimum Gasteiger partial charge on any atom is -0.388 e. The molecule has 1 aromatic carbocycles. The summed E-state index contributed by atoms with van der Waals surface area (Å²) in [6.45, 7) is 6.67. The van der Waals surface area contributed by atoms with Crippen LogP contribution in [0.2, 0.25) is 0 Å². The number of aliphatic hydroxyl groups excluding tert-OH is 1. The number of likely N-dealkylation sites (N-methyl/N-ethyl adjacent to an activating group) is 1. The van der Waals surface area contributed by atoms with Crippen LogP contribution in [0.3, 0.4) is 0 Å². The fourth-order valence-corrected chi connectivity index (χ4v) is 3.75. The second-order valence-electron chi connectivity index (χ2n) is 7.01. The topological polar surface area (TPSA) is 111 Å². The standard InChI is InChI=1S/C20H26N4O4/c1-4-23(16-10-28-11-17(16)25)20(27)15-7-5-6-14(8-15)19-12(2)22-24(13(19)3)9-18(21)26/h5-8,16-17,25H,4,9-11H2,1-3H3,(H2,21,26)/t16-,17-/m0/s1. The van der Waals surface area contributed by atoms with E-state index < -0.39 is 12.0 Å². The van der Waals surface area contributed by atoms with E-state index in [4.69, 9.17) is 10.5 Å². The Labute approximate surface area is 163 Å². The van der Waals surface area contributed by atoms with Crippen LogP contribution in [-0.4, -0.2) is 63.5 Å². The van der Waals surface area contributed by atoms with Crippen molar-refractivity contribution in [2.45, 2.75) is 39.5 Å². The Bertz CT molecular complexity index is 892. The summed E-state index contributed by atoms with van der Waals surface area (Å²) in [7, 11) is 0. The molecule has 150 valence electrons. The number of carbonyl (C=O) groups excluding carboxylic acids is 2. The number of hydrogen-bond donors (Lipinski definition) is 2. The van der Waals surface area contributed by atoms with Gasteiger partial charge in [0.05, 0.1) is 31.1 Å². The maximum atomic E-state index is 13.1. The first-order valence-corrected chi connectivity index (χ1v) is 9.33. The minimum absolute atomic E-state index is 0.00841. The number of aromatic nitrogens is 2. The molecule has 0 aliphatic carbocycles. The summed E-state index contributed by atoms with van der Waals surface area (Å²) in [6.07, 6.45) is -0.677. The summed E-state index contributed by atoms with van der Waals surface area (Å²) in [6, 6.07) is 6.96. The Kier molecular flexibility index (Phi) is 5.81. The largest absolute Gasteiger partial charge is 0.388 e. The van der Waals surface area contributed by atoms with E-state index in [1.54, 1.807) is 15.6 Å². The third-order valence-corrected chi connectivity index (χ3v) is 5.11. The molecule has 1 aliphatic heterocycles. The van der Waals surface area contributed by atoms with E-state index >= 15 is 0 Å². The lowest BCUT2D eigenvalue weighted by molar-refractivity contribution is -0.118. The summed E-state index contributed by atoms with van der Waals surface area (Å²) in [5, 5.41) is 14.5. The molecule has 2 amide bonds. The van der Waals surface area contributed by atoms with Crippen LogP contribution >= 0.6 is 0 Å². The first kappa shape index (κ1) is 20.0. The van der Waals surface area contributed by atoms with Crippen molar-refractivity contribution < 1.29 is 19.4 Å². The molecule has 2 aromatic rings. The number of benzene rings is 1. The van der Waals surface area contributed by atoms with E-state index in [0.717, 1.165) is 22.5 Å². The van der Waals surface area contributed by atoms with Crippen LogP contribution in [0.5, 0.6) is 0 Å². The monoisotopic (exact) mass is 386 g/mol. The number of hydrogen-bond acceptors (Lipinski definition) is 5. The number of aliphatic hydroxyl groups is 1. The number of primary amides is 1. The number of ether oxygens (including phenoxy) is 1. The molecule has 1 aromatic heterocycles. The van der Waals surface area contributed by atoms with Gasteiger partial charge >= 0.3 is 0 Å². The van der Waals surface area contributed by atoms with Crippen molar-refractivity contribution in [2.75, 3.05) is 19.8 Å². The number of nitrogens with zero attached hydrogens (tertiary/aromatic N) is 3. The number of aryl methyl sites for hydroxylation is 1. The van der Waals surface area contributed by atoms with Crippen LogP contribution in [0.15, 0.2) is 24.3 Å². The average molecular weight is 386 g/mol. The van der Waals surface area contributed by atoms with E-state index in [0.29, 0.717) is 18.7 Å². The summed E-state index contributed by atoms with van der Waals surface area (Å²) < 4.78 is 6.88. The highest BCUT2D eigenvalue weighted by Crippen LogP contribution is 2.28. The lowest BCUT2D eigenvalue weighted by Crippen LogP contribution is -2.46. The van der Waals surface area contributed by atoms with Gasteiger partial charge in [-0.25, -0.2) is 0 Å². The molecule has 2 atom stereocenters. The third-order valence-electron chi connectivity index (χ3n) is 5.11. The van der Waals surface area contributed by atoms with Gasteiger partial charge in [-0.1, -0.05) is 12.1 Å². The van der Waals surface area contributed by atoms with Crippen LogP contribution < -0.4 is 5.73 Å². The van der Waals surface area contributed by atoms with E-state index in [2.05, 4.69) is 5.10 Å². The number of nitrogens with two attached hydrogens (primary N) is 1. The highest BCUT2D eigenvalue weighted by atomic mass is 16.5. The lowest BCUT2D eigenvalue weighted by Gasteiger charge is -2.29. The Morgan fingerprint density at radius 1 is 1.36 bits per heavy atom. The second kappa shape index (κ2) is 8.12. The van der Waals surface area contributed by atoms with Gasteiger partial charge in [0.15, 0.2) is 0 Å². The highest BCUT2D eigenvalue weighted by molar-refractivity contribution is 5.96. The second-order valence-corrected chi connectivity index (χ2v) is 7.01. The molecular weight excluding hydrogens is 360 g/mol. The lowest BCUT2D eigenvalue weighted by atomic mass is 10.0. The van der Waals surface area contributed by atoms with Gasteiger partial charge < -0.3 is 20.5 Å². The fraction of sp³-hybridized carbons (Fsp3) is 0.450. The van der Waals surface area contributed by atoms with Gasteiger partial charge in [0.2, 0.25) is 5.91 Å². The van der Waals surface area contributed by atoms with Crippen molar-refractivity contribution in [3.05, 3.63) is 41.2 Å². The normalized spacial score (nSPS) is 19.0. The summed E-state index contributed by atoms with van der Waals surface area (Å²) >= 11 is 0. The van der Waals surface area contributed by atoms with Crippen molar-refractivity contribution in [2.24, 2.45) is 5.73 Å². The van der Waals surface area contributed by atoms with Gasteiger partial charge in [0.25, 0.3) is 5.91 Å². The molecule has 1 aliphatic rings. The SMILES string of the molecule is CCN(C(=O)c1cccc(-c2c(C)nn(CC(N)=O)c2C)c1)[C@H]1COC[C@@H]1O. The Morgan fingerprint density at radius 2 is 2.11 bits per heavy atom. The molecule has 8 nitrogen and oxygen atoms in total. The number of amides is 2. The molecule has 1 fully saturated rings. The molecule has 0 saturated carbocycles. The van der Waals surface area contributed by atoms with Crippen molar-refractivity contribution in [1.29, 1.82) is 0 Å². The maximum absolute atomic E-state index is 13.1. The minimum atomic E-state index is -0.677. The Morgan fingerprint density at radius 3 is 2.71 bits per heavy atom. The highest BCUT2D eigenvalue weighted by Gasteiger charge is 2.34. The van der Waals surface area contributed by atoms with Gasteiger partial charge in [0, 0.05) is 23.4 Å². The van der Waals surface area contributed by atoms with Crippen molar-refractivity contribution in [3.8, 4) is 11.1 Å². The Hall–Kier alpha value is -2.71. The van der Waals surface area contributed by atoms with E-state index in [1.807, 2.05) is 39.0 Å². The summed E-state index contributed by atoms with van der Waals surface area (Å²) in [5.74, 6) is -0.615. The van der Waals surface area contributed by atoms with Crippen LogP contribution in [0, 0.1) is 13.8 Å². The smallest absolute Gasteiger partial charge is 0.254 e. The van der Waals surface area contributed by atoms with E-state index in [9.17, 15) is 14.7 Å². The third kappa shape index (κ3) is 3.79. The zero-order chi connectivity index (χ0) is 20.4. The average Bonchev–Trinajstić information content (AvgIpc) is 3.18. The quantitative estimate of drug-likeness (QED) is 0.765. The fourth-order valence-electron chi connectivity index (χ4n) is 3.75. The van der Waals surface area contributed by atoms with Gasteiger partial charge in [-0.05, 0) is 38.5 Å². The number of rotatable bonds is 6. The zero-order valence-electron chi connectivity index (χ0n) is 16.4. The van der Waals surface area contributed by atoms with E-state index in [1.165, 1.54) is 0 Å². The Balaban J connectivity index is 1.93. The van der Waals surface area contributed by atoms with E-state index in [-0.39, 0.29) is 25.1 Å². The summed E-state index contributed by atoms with van der Waals surface area (Å²) in [4.78, 5) is 26.0. The summed E-state index contributed by atoms with van der Waals surface area (Å²) in [5.41, 5.74) is 9.12. The molecule has 2 heterocycles. The predicted molar refractivity (Wildman–Crippen MR) is 104 cm³/mol. The molecule has 3 N–H and O–H groups in total. The number of carbonyl (C=O) groups is 2. The first-order valence-electron chi connectivity index (χ1n) is 9.33. The molecular formula is C20H26N4O4. The maximum Gasteiger partial charge on any atom is 0.254 e. The molecule has 0 bridgehead atoms. The van der Waals surface area contributed by atoms with Crippen LogP contribution in [0.4, 0.5) is 0 Å². The molecule has 0 radical (unpaired) electrons. The van der Waals surface area contributed by atoms with Crippen molar-refractivity contribution in [1.82, 2.24) is 14.7 Å². The molecule has 3 rings (SSSR count). The van der Waals surface area contributed by atoms with Crippen LogP contribution in [-0.2, 0) is 16.1 Å². The van der Waals surface area contributed by atoms with Crippen LogP contribution in [0.25, 0.3) is 11.1 Å². The van der Waals surface area contributed by atoms with Crippen molar-refractivity contribution >= 4 is 11.8 Å². The van der Waals surface area contributed by atoms with Gasteiger partial charge in [-0.2, -0.15) is 5.10 Å². The van der Waals surface area contributed by atoms with Crippen LogP contribution in [0.1, 0.15) is 28.7 Å². The molecule has 0 spiro atoms. The van der Waals surface area contributed by atoms with Gasteiger partial charge in [-0.3, -0.25) is 14.3 Å². The first-order chi connectivity index (χ1) is 13.3. The molecule has 28 heavy (non-hydrogen) atoms. The molecule has 0 unspecified atom stereocenters. The molecule has 8 heteroatoms. The van der Waals surface area contributed by atoms with Gasteiger partial charge in [0.1, 0.15) is 6.54 Å². The van der Waals surface area contributed by atoms with Crippen molar-refractivity contribution in [3.63, 3.8) is 0 Å². The van der Waals surface area contributed by atoms with Gasteiger partial charge in [-0.15, -0.1) is 0 Å². The predicted octanol–water partition coefficient (Wildman–Crippen LogP) is 0.874. The zero-order valence-corrected chi connectivity index (χ0v) is 16.4. The molecule has 1 saturated heterocycles.